The molecule has 1 aliphatic rings. The van der Waals surface area contributed by atoms with Crippen molar-refractivity contribution in [3.8, 4) is 0 Å². The Labute approximate surface area is 281 Å². The number of rotatable bonds is 13. The molecule has 0 fully saturated rings. The second-order valence-corrected chi connectivity index (χ2v) is 12.1. The molecule has 3 aromatic carbocycles. The van der Waals surface area contributed by atoms with Crippen molar-refractivity contribution in [1.29, 1.82) is 0 Å². The van der Waals surface area contributed by atoms with Crippen LogP contribution in [0.15, 0.2) is 108 Å². The highest BCUT2D eigenvalue weighted by molar-refractivity contribution is 7.10. The minimum absolute atomic E-state index is 0.0299. The van der Waals surface area contributed by atoms with Gasteiger partial charge in [-0.3, -0.25) is 28.9 Å². The number of hydrogen-bond acceptors (Lipinski definition) is 7. The molecule has 1 atom stereocenters. The molecule has 0 bridgehead atoms. The summed E-state index contributed by atoms with van der Waals surface area (Å²) in [5.41, 5.74) is 3.21. The maximum Gasteiger partial charge on any atom is 0.248 e. The Hall–Kier alpha value is -5.06. The van der Waals surface area contributed by atoms with Crippen molar-refractivity contribution in [2.45, 2.75) is 25.8 Å². The molecule has 3 amide bonds. The van der Waals surface area contributed by atoms with Gasteiger partial charge in [0.1, 0.15) is 11.9 Å². The normalized spacial score (nSPS) is 13.1. The monoisotopic (exact) mass is 668 g/mol. The summed E-state index contributed by atoms with van der Waals surface area (Å²) in [6.45, 7) is 2.12. The number of allylic oxidation sites excluding steroid dienone is 2. The Kier molecular flexibility index (Phi) is 11.0. The van der Waals surface area contributed by atoms with Gasteiger partial charge in [-0.05, 0) is 54.6 Å². The molecular weight excluding hydrogens is 636 g/mol. The molecule has 9 nitrogen and oxygen atoms in total. The molecule has 1 unspecified atom stereocenters. The van der Waals surface area contributed by atoms with Crippen LogP contribution in [0, 0.1) is 0 Å². The van der Waals surface area contributed by atoms with Gasteiger partial charge in [0.25, 0.3) is 0 Å². The van der Waals surface area contributed by atoms with Crippen molar-refractivity contribution in [3.63, 3.8) is 0 Å². The number of anilines is 2. The number of Topliss-reactive ketones (excluding diaryl/α,β-unsaturated/α-hetero) is 2. The lowest BCUT2D eigenvalue weighted by Gasteiger charge is -2.30. The van der Waals surface area contributed by atoms with Gasteiger partial charge in [-0.1, -0.05) is 60.7 Å². The fourth-order valence-corrected chi connectivity index (χ4v) is 6.28. The predicted octanol–water partition coefficient (Wildman–Crippen LogP) is 5.69. The van der Waals surface area contributed by atoms with Gasteiger partial charge in [-0.15, -0.1) is 22.9 Å². The van der Waals surface area contributed by atoms with Gasteiger partial charge in [0.15, 0.2) is 5.78 Å². The van der Waals surface area contributed by atoms with Crippen LogP contribution in [0.1, 0.15) is 50.5 Å². The summed E-state index contributed by atoms with van der Waals surface area (Å²) >= 11 is 7.38. The number of ketones is 2. The highest BCUT2D eigenvalue weighted by Crippen LogP contribution is 2.32. The Balaban J connectivity index is 1.23. The number of benzene rings is 3. The summed E-state index contributed by atoms with van der Waals surface area (Å²) in [5, 5.41) is 10.6. The van der Waals surface area contributed by atoms with E-state index in [-0.39, 0.29) is 47.9 Å². The first-order valence-electron chi connectivity index (χ1n) is 15.0. The van der Waals surface area contributed by atoms with Crippen LogP contribution in [0.25, 0.3) is 0 Å². The summed E-state index contributed by atoms with van der Waals surface area (Å²) in [6.07, 6.45) is 0.665. The second kappa shape index (κ2) is 15.5. The minimum atomic E-state index is -0.942. The van der Waals surface area contributed by atoms with Crippen molar-refractivity contribution >= 4 is 63.6 Å². The highest BCUT2D eigenvalue weighted by atomic mass is 35.5. The first kappa shape index (κ1) is 33.3. The van der Waals surface area contributed by atoms with E-state index in [1.54, 1.807) is 61.5 Å². The van der Waals surface area contributed by atoms with Crippen molar-refractivity contribution in [2.24, 2.45) is 0 Å². The van der Waals surface area contributed by atoms with Gasteiger partial charge in [0.2, 0.25) is 23.5 Å². The van der Waals surface area contributed by atoms with Crippen LogP contribution in [0.5, 0.6) is 0 Å². The van der Waals surface area contributed by atoms with E-state index >= 15 is 0 Å². The zero-order valence-corrected chi connectivity index (χ0v) is 27.2. The quantitative estimate of drug-likeness (QED) is 0.157. The van der Waals surface area contributed by atoms with E-state index in [2.05, 4.69) is 16.0 Å². The minimum Gasteiger partial charge on any atom is -0.381 e. The van der Waals surface area contributed by atoms with Gasteiger partial charge >= 0.3 is 0 Å². The van der Waals surface area contributed by atoms with Crippen LogP contribution in [0.2, 0.25) is 0 Å². The molecule has 47 heavy (non-hydrogen) atoms. The van der Waals surface area contributed by atoms with Gasteiger partial charge in [-0.2, -0.15) is 0 Å². The van der Waals surface area contributed by atoms with E-state index in [4.69, 9.17) is 11.6 Å². The number of nitrogens with one attached hydrogen (secondary N) is 3. The number of halogens is 1. The Morgan fingerprint density at radius 1 is 0.830 bits per heavy atom. The van der Waals surface area contributed by atoms with Gasteiger partial charge in [0.05, 0.1) is 5.70 Å². The summed E-state index contributed by atoms with van der Waals surface area (Å²) in [4.78, 5) is 67.2. The van der Waals surface area contributed by atoms with E-state index in [9.17, 15) is 24.0 Å². The number of hydrogen-bond donors (Lipinski definition) is 3. The number of fused-ring (bicyclic) bond motifs is 1. The van der Waals surface area contributed by atoms with Crippen LogP contribution in [-0.2, 0) is 20.8 Å². The van der Waals surface area contributed by atoms with E-state index in [0.717, 1.165) is 5.56 Å². The predicted molar refractivity (Wildman–Crippen MR) is 184 cm³/mol. The molecule has 0 aliphatic heterocycles. The average molecular weight is 669 g/mol. The Bertz CT molecular complexity index is 1810. The zero-order chi connectivity index (χ0) is 33.3. The number of carbonyl (C=O) groups is 5. The number of amides is 3. The third-order valence-corrected chi connectivity index (χ3v) is 8.85. The van der Waals surface area contributed by atoms with Crippen LogP contribution in [0.4, 0.5) is 11.4 Å². The molecule has 240 valence electrons. The lowest BCUT2D eigenvalue weighted by Crippen LogP contribution is -2.44. The molecule has 1 aromatic heterocycles. The maximum absolute atomic E-state index is 13.6. The summed E-state index contributed by atoms with van der Waals surface area (Å²) in [7, 11) is 0. The smallest absolute Gasteiger partial charge is 0.248 e. The van der Waals surface area contributed by atoms with E-state index in [1.807, 2.05) is 41.8 Å². The van der Waals surface area contributed by atoms with Gasteiger partial charge in [-0.25, -0.2) is 0 Å². The van der Waals surface area contributed by atoms with Crippen LogP contribution in [0.3, 0.4) is 0 Å². The van der Waals surface area contributed by atoms with E-state index in [1.165, 1.54) is 16.2 Å². The van der Waals surface area contributed by atoms with Gasteiger partial charge < -0.3 is 16.0 Å². The summed E-state index contributed by atoms with van der Waals surface area (Å²) < 4.78 is 0. The van der Waals surface area contributed by atoms with Crippen molar-refractivity contribution in [2.75, 3.05) is 29.2 Å². The molecule has 1 heterocycles. The lowest BCUT2D eigenvalue weighted by atomic mass is 9.88. The Morgan fingerprint density at radius 2 is 1.51 bits per heavy atom. The van der Waals surface area contributed by atoms with Crippen molar-refractivity contribution in [3.05, 3.63) is 129 Å². The molecule has 0 saturated carbocycles. The van der Waals surface area contributed by atoms with Crippen LogP contribution in [-0.4, -0.2) is 48.3 Å². The number of alkyl halides is 1. The second-order valence-electron chi connectivity index (χ2n) is 10.8. The number of carbonyl (C=O) groups excluding carboxylic acids is 5. The maximum atomic E-state index is 13.6. The van der Waals surface area contributed by atoms with Crippen LogP contribution >= 0.6 is 22.9 Å². The van der Waals surface area contributed by atoms with E-state index in [0.29, 0.717) is 45.9 Å². The molecule has 3 N–H and O–H groups in total. The largest absolute Gasteiger partial charge is 0.381 e. The molecule has 11 heteroatoms. The van der Waals surface area contributed by atoms with Crippen molar-refractivity contribution < 1.29 is 24.0 Å². The first-order chi connectivity index (χ1) is 22.8. The topological polar surface area (TPSA) is 125 Å². The molecule has 1 aliphatic carbocycles. The molecule has 0 spiro atoms. The summed E-state index contributed by atoms with van der Waals surface area (Å²) in [5.74, 6) is -1.94. The summed E-state index contributed by atoms with van der Waals surface area (Å²) in [6, 6.07) is 25.7. The Morgan fingerprint density at radius 3 is 2.17 bits per heavy atom. The molecule has 5 rings (SSSR count). The molecule has 4 aromatic rings. The molecular formula is C36H33ClN4O5S. The van der Waals surface area contributed by atoms with E-state index < -0.39 is 11.9 Å². The SMILES string of the molecule is CC1=C(NCCC(=O)Nc2ccc(N(C(=O)CCl)C(C(=O)NCCc3ccccc3)c3cccs3)cc2)C(=O)c2ccccc2C1=O. The standard InChI is InChI=1S/C36H33ClN4O5S/c1-23-32(35(45)28-11-6-5-10-27(28)34(23)44)38-20-18-30(42)40-25-13-15-26(16-14-25)41(31(43)22-37)33(29-12-7-21-47-29)36(46)39-19-17-24-8-3-2-4-9-24/h2-16,21,33,38H,17-20,22H2,1H3,(H,39,46)(H,40,42). The first-order valence-corrected chi connectivity index (χ1v) is 16.5. The third kappa shape index (κ3) is 7.85. The van der Waals surface area contributed by atoms with Crippen LogP contribution < -0.4 is 20.9 Å². The average Bonchev–Trinajstić information content (AvgIpc) is 3.63. The lowest BCUT2D eigenvalue weighted by molar-refractivity contribution is -0.125. The van der Waals surface area contributed by atoms with Gasteiger partial charge in [0, 0.05) is 52.5 Å². The molecule has 0 radical (unpaired) electrons. The molecule has 0 saturated heterocycles. The number of thiophene rings is 1. The fourth-order valence-electron chi connectivity index (χ4n) is 5.34. The van der Waals surface area contributed by atoms with Crippen molar-refractivity contribution in [1.82, 2.24) is 10.6 Å². The third-order valence-electron chi connectivity index (χ3n) is 7.70. The zero-order valence-electron chi connectivity index (χ0n) is 25.6. The fraction of sp³-hybridized carbons (Fsp3) is 0.194. The number of nitrogens with zero attached hydrogens (tertiary/aromatic N) is 1. The highest BCUT2D eigenvalue weighted by Gasteiger charge is 2.33.